The van der Waals surface area contributed by atoms with E-state index >= 15 is 0 Å². The van der Waals surface area contributed by atoms with Crippen LogP contribution in [0, 0.1) is 0 Å². The molecular weight excluding hydrogens is 579 g/mol. The van der Waals surface area contributed by atoms with Crippen molar-refractivity contribution in [2.24, 2.45) is 0 Å². The Morgan fingerprint density at radius 1 is 0.306 bits per heavy atom. The maximum Gasteiger partial charge on any atom is 0.375 e. The van der Waals surface area contributed by atoms with Gasteiger partial charge in [-0.1, -0.05) is 0 Å². The molecule has 3 fully saturated rings. The van der Waals surface area contributed by atoms with Crippen LogP contribution < -0.4 is 0 Å². The summed E-state index contributed by atoms with van der Waals surface area (Å²) >= 11 is 0. The van der Waals surface area contributed by atoms with Crippen molar-refractivity contribution in [1.82, 2.24) is 0 Å². The summed E-state index contributed by atoms with van der Waals surface area (Å²) in [6, 6.07) is 0. The molecule has 0 radical (unpaired) electrons. The molecule has 0 nitrogen and oxygen atoms in total. The maximum absolute atomic E-state index is 12.0. The van der Waals surface area contributed by atoms with E-state index in [4.69, 9.17) is 0 Å². The zero-order chi connectivity index (χ0) is 29.4. The van der Waals surface area contributed by atoms with Crippen molar-refractivity contribution >= 4 is 0 Å². The first kappa shape index (κ1) is 32.6. The van der Waals surface area contributed by atoms with Gasteiger partial charge in [0.25, 0.3) is 0 Å². The van der Waals surface area contributed by atoms with Gasteiger partial charge in [0.2, 0.25) is 0 Å². The Morgan fingerprint density at radius 2 is 0.444 bits per heavy atom. The fourth-order valence-corrected chi connectivity index (χ4v) is 2.77. The molecule has 0 N–H and O–H groups in total. The molecule has 0 amide bonds. The summed E-state index contributed by atoms with van der Waals surface area (Å²) in [5.74, 6) is -47.4. The van der Waals surface area contributed by atoms with E-state index in [1.807, 2.05) is 0 Å². The molecule has 0 heterocycles. The van der Waals surface area contributed by atoms with Gasteiger partial charge in [0.05, 0.1) is 19.3 Å². The summed E-state index contributed by atoms with van der Waals surface area (Å²) < 4.78 is 252. The molecular formula is C15H9F21. The molecule has 216 valence electrons. The van der Waals surface area contributed by atoms with E-state index in [1.54, 1.807) is 0 Å². The first-order valence-electron chi connectivity index (χ1n) is 8.71. The number of rotatable bonds is 0. The maximum atomic E-state index is 12.0. The molecule has 21 heteroatoms. The minimum Gasteiger partial charge on any atom is -0.240 e. The van der Waals surface area contributed by atoms with E-state index in [-0.39, 0.29) is 0 Å². The van der Waals surface area contributed by atoms with E-state index in [9.17, 15) is 92.2 Å². The van der Waals surface area contributed by atoms with Gasteiger partial charge >= 0.3 is 53.3 Å². The zero-order valence-corrected chi connectivity index (χ0v) is 16.3. The lowest BCUT2D eigenvalue weighted by Gasteiger charge is -2.22. The minimum atomic E-state index is -5.58. The smallest absolute Gasteiger partial charge is 0.240 e. The summed E-state index contributed by atoms with van der Waals surface area (Å²) in [4.78, 5) is 0. The molecule has 3 saturated carbocycles. The van der Waals surface area contributed by atoms with Crippen LogP contribution in [0.5, 0.6) is 0 Å². The highest BCUT2D eigenvalue weighted by Crippen LogP contribution is 2.59. The summed E-state index contributed by atoms with van der Waals surface area (Å²) in [5, 5.41) is 0. The van der Waals surface area contributed by atoms with Crippen LogP contribution in [0.1, 0.15) is 19.3 Å². The molecule has 0 aliphatic heterocycles. The third-order valence-corrected chi connectivity index (χ3v) is 5.12. The molecule has 3 rings (SSSR count). The van der Waals surface area contributed by atoms with Crippen molar-refractivity contribution in [3.63, 3.8) is 0 Å². The van der Waals surface area contributed by atoms with Gasteiger partial charge in [-0.15, -0.1) is 0 Å². The van der Waals surface area contributed by atoms with Gasteiger partial charge in [0.15, 0.2) is 18.5 Å². The lowest BCUT2D eigenvalue weighted by atomic mass is 10.2. The fourth-order valence-electron chi connectivity index (χ4n) is 2.77. The number of alkyl halides is 21. The SMILES string of the molecule is FC1CC(F)(F)C(F)(F)C1(F)F.F[C@@H]1CC(F)(F)C(F)(F)C1(F)F.F[C@H]1CC(F)(F)C(F)(F)C1(F)F. The first-order valence-corrected chi connectivity index (χ1v) is 8.71. The lowest BCUT2D eigenvalue weighted by molar-refractivity contribution is -0.277. The van der Waals surface area contributed by atoms with Gasteiger partial charge in [0.1, 0.15) is 0 Å². The second-order valence-electron chi connectivity index (χ2n) is 7.72. The lowest BCUT2D eigenvalue weighted by Crippen LogP contribution is -2.48. The van der Waals surface area contributed by atoms with Crippen molar-refractivity contribution in [2.75, 3.05) is 0 Å². The number of hydrogen-bond donors (Lipinski definition) is 0. The molecule has 36 heavy (non-hydrogen) atoms. The Morgan fingerprint density at radius 3 is 0.472 bits per heavy atom. The predicted molar refractivity (Wildman–Crippen MR) is 73.1 cm³/mol. The van der Waals surface area contributed by atoms with Crippen LogP contribution in [0.2, 0.25) is 0 Å². The third-order valence-electron chi connectivity index (χ3n) is 5.12. The summed E-state index contributed by atoms with van der Waals surface area (Å²) in [7, 11) is 0. The van der Waals surface area contributed by atoms with Gasteiger partial charge in [-0.05, 0) is 0 Å². The van der Waals surface area contributed by atoms with Gasteiger partial charge in [-0.25, -0.2) is 13.2 Å². The Bertz CT molecular complexity index is 693. The largest absolute Gasteiger partial charge is 0.375 e. The van der Waals surface area contributed by atoms with Crippen LogP contribution in [-0.2, 0) is 0 Å². The van der Waals surface area contributed by atoms with Crippen molar-refractivity contribution in [2.45, 2.75) is 91.1 Å². The van der Waals surface area contributed by atoms with Crippen LogP contribution in [0.4, 0.5) is 92.2 Å². The Balaban J connectivity index is 0.000000270. The van der Waals surface area contributed by atoms with Crippen LogP contribution in [0.25, 0.3) is 0 Å². The Kier molecular flexibility index (Phi) is 7.71. The molecule has 1 unspecified atom stereocenters. The van der Waals surface area contributed by atoms with Crippen molar-refractivity contribution < 1.29 is 92.2 Å². The van der Waals surface area contributed by atoms with Crippen LogP contribution in [-0.4, -0.2) is 71.8 Å². The van der Waals surface area contributed by atoms with Crippen molar-refractivity contribution in [1.29, 1.82) is 0 Å². The van der Waals surface area contributed by atoms with Gasteiger partial charge in [0, 0.05) is 0 Å². The van der Waals surface area contributed by atoms with Crippen LogP contribution in [0.15, 0.2) is 0 Å². The average molecular weight is 588 g/mol. The Hall–Kier alpha value is -1.47. The van der Waals surface area contributed by atoms with E-state index in [2.05, 4.69) is 0 Å². The monoisotopic (exact) mass is 588 g/mol. The quantitative estimate of drug-likeness (QED) is 0.253. The van der Waals surface area contributed by atoms with Crippen molar-refractivity contribution in [3.8, 4) is 0 Å². The highest BCUT2D eigenvalue weighted by Gasteiger charge is 2.83. The Labute approximate surface area is 184 Å². The summed E-state index contributed by atoms with van der Waals surface area (Å²) in [6.45, 7) is 0. The molecule has 3 aliphatic carbocycles. The molecule has 0 saturated heterocycles. The molecule has 3 atom stereocenters. The molecule has 0 bridgehead atoms. The standard InChI is InChI=1S/3C5H3F7/c3*6-2-1-3(7,8)5(11,12)4(2,9)10/h3*2H,1H2/t2*2-;/m10./s1. The van der Waals surface area contributed by atoms with Gasteiger partial charge < -0.3 is 0 Å². The third kappa shape index (κ3) is 4.42. The molecule has 0 aromatic heterocycles. The number of hydrogen-bond acceptors (Lipinski definition) is 0. The number of halogens is 21. The van der Waals surface area contributed by atoms with E-state index in [0.29, 0.717) is 0 Å². The topological polar surface area (TPSA) is 0 Å². The molecule has 0 aromatic carbocycles. The average Bonchev–Trinajstić information content (AvgIpc) is 2.89. The minimum absolute atomic E-state index is 2.13. The molecule has 0 aromatic rings. The van der Waals surface area contributed by atoms with E-state index in [0.717, 1.165) is 0 Å². The fraction of sp³-hybridized carbons (Fsp3) is 1.00. The highest BCUT2D eigenvalue weighted by atomic mass is 19.4. The van der Waals surface area contributed by atoms with E-state index < -0.39 is 91.1 Å². The second kappa shape index (κ2) is 8.52. The van der Waals surface area contributed by atoms with Crippen LogP contribution in [0.3, 0.4) is 0 Å². The first-order chi connectivity index (χ1) is 15.4. The highest BCUT2D eigenvalue weighted by molar-refractivity contribution is 5.10. The molecule has 3 aliphatic rings. The van der Waals surface area contributed by atoms with Gasteiger partial charge in [-0.2, -0.15) is 79.0 Å². The summed E-state index contributed by atoms with van der Waals surface area (Å²) in [6.07, 6.45) is -16.8. The zero-order valence-electron chi connectivity index (χ0n) is 16.3. The van der Waals surface area contributed by atoms with E-state index in [1.165, 1.54) is 0 Å². The normalized spacial score (nSPS) is 36.8. The van der Waals surface area contributed by atoms with Crippen molar-refractivity contribution in [3.05, 3.63) is 0 Å². The van der Waals surface area contributed by atoms with Crippen LogP contribution >= 0.6 is 0 Å². The second-order valence-corrected chi connectivity index (χ2v) is 7.72. The van der Waals surface area contributed by atoms with Gasteiger partial charge in [-0.3, -0.25) is 0 Å². The summed E-state index contributed by atoms with van der Waals surface area (Å²) in [5.41, 5.74) is 0. The molecule has 0 spiro atoms. The predicted octanol–water partition coefficient (Wildman–Crippen LogP) is 7.90.